The lowest BCUT2D eigenvalue weighted by molar-refractivity contribution is 0.548. The first-order chi connectivity index (χ1) is 8.66. The van der Waals surface area contributed by atoms with Crippen molar-refractivity contribution >= 4 is 5.65 Å². The third-order valence-electron chi connectivity index (χ3n) is 2.56. The summed E-state index contributed by atoms with van der Waals surface area (Å²) < 4.78 is 41.5. The number of hydrogen-bond donors (Lipinski definition) is 0. The molecule has 0 spiro atoms. The molecule has 0 aliphatic heterocycles. The Balaban J connectivity index is 2.33. The lowest BCUT2D eigenvalue weighted by atomic mass is 10.1. The minimum Gasteiger partial charge on any atom is -0.236 e. The molecule has 2 heterocycles. The molecule has 0 aliphatic carbocycles. The van der Waals surface area contributed by atoms with Crippen LogP contribution in [0.4, 0.5) is 13.2 Å². The number of nitrogens with zero attached hydrogens (tertiary/aromatic N) is 3. The molecule has 1 aromatic carbocycles. The van der Waals surface area contributed by atoms with E-state index in [9.17, 15) is 13.2 Å². The highest BCUT2D eigenvalue weighted by atomic mass is 19.1. The van der Waals surface area contributed by atoms with E-state index >= 15 is 0 Å². The molecule has 3 nitrogen and oxygen atoms in total. The summed E-state index contributed by atoms with van der Waals surface area (Å²) >= 11 is 0. The number of rotatable bonds is 1. The predicted molar refractivity (Wildman–Crippen MR) is 58.3 cm³/mol. The van der Waals surface area contributed by atoms with Crippen molar-refractivity contribution in [3.05, 3.63) is 54.2 Å². The second-order valence-electron chi connectivity index (χ2n) is 3.69. The Kier molecular flexibility index (Phi) is 2.29. The quantitative estimate of drug-likeness (QED) is 0.663. The van der Waals surface area contributed by atoms with Crippen LogP contribution in [0.3, 0.4) is 0 Å². The molecular weight excluding hydrogens is 243 g/mol. The fraction of sp³-hybridized carbons (Fsp3) is 0. The van der Waals surface area contributed by atoms with E-state index in [0.717, 1.165) is 0 Å². The van der Waals surface area contributed by atoms with Crippen molar-refractivity contribution in [1.29, 1.82) is 0 Å². The van der Waals surface area contributed by atoms with Crippen LogP contribution in [0.25, 0.3) is 16.8 Å². The van der Waals surface area contributed by atoms with Crippen LogP contribution in [0.1, 0.15) is 0 Å². The fourth-order valence-corrected chi connectivity index (χ4v) is 1.80. The molecule has 0 amide bonds. The van der Waals surface area contributed by atoms with E-state index in [-0.39, 0.29) is 11.1 Å². The summed E-state index contributed by atoms with van der Waals surface area (Å²) in [5.41, 5.74) is 0.164. The Labute approximate surface area is 99.5 Å². The summed E-state index contributed by atoms with van der Waals surface area (Å²) in [5.74, 6) is -2.92. The second kappa shape index (κ2) is 3.83. The minimum absolute atomic E-state index is 0.186. The number of hydrogen-bond acceptors (Lipinski definition) is 2. The van der Waals surface area contributed by atoms with E-state index in [1.807, 2.05) is 0 Å². The molecule has 0 N–H and O–H groups in total. The van der Waals surface area contributed by atoms with Crippen LogP contribution < -0.4 is 0 Å². The SMILES string of the molecule is Fc1cc(F)c(-c2cnn3cccnc23)c(F)c1. The highest BCUT2D eigenvalue weighted by Gasteiger charge is 2.17. The predicted octanol–water partition coefficient (Wildman–Crippen LogP) is 2.81. The minimum atomic E-state index is -0.979. The molecule has 0 fully saturated rings. The van der Waals surface area contributed by atoms with E-state index in [4.69, 9.17) is 0 Å². The van der Waals surface area contributed by atoms with E-state index in [2.05, 4.69) is 10.1 Å². The highest BCUT2D eigenvalue weighted by molar-refractivity contribution is 5.77. The molecule has 18 heavy (non-hydrogen) atoms. The zero-order chi connectivity index (χ0) is 12.7. The molecule has 0 aliphatic rings. The smallest absolute Gasteiger partial charge is 0.162 e. The van der Waals surface area contributed by atoms with Crippen molar-refractivity contribution in [2.75, 3.05) is 0 Å². The van der Waals surface area contributed by atoms with Gasteiger partial charge in [-0.1, -0.05) is 0 Å². The Hall–Kier alpha value is -2.37. The van der Waals surface area contributed by atoms with Crippen molar-refractivity contribution < 1.29 is 13.2 Å². The maximum atomic E-state index is 13.7. The molecule has 0 saturated carbocycles. The molecule has 3 rings (SSSR count). The molecular formula is C12H6F3N3. The number of halogens is 3. The van der Waals surface area contributed by atoms with Gasteiger partial charge in [0.15, 0.2) is 5.65 Å². The first kappa shape index (κ1) is 10.8. The van der Waals surface area contributed by atoms with Crippen LogP contribution in [0.5, 0.6) is 0 Å². The van der Waals surface area contributed by atoms with Gasteiger partial charge in [-0.2, -0.15) is 5.10 Å². The van der Waals surface area contributed by atoms with Crippen LogP contribution in [-0.2, 0) is 0 Å². The summed E-state index contributed by atoms with van der Waals surface area (Å²) in [4.78, 5) is 4.00. The summed E-state index contributed by atoms with van der Waals surface area (Å²) in [7, 11) is 0. The van der Waals surface area contributed by atoms with Crippen molar-refractivity contribution in [2.45, 2.75) is 0 Å². The molecule has 2 aromatic heterocycles. The van der Waals surface area contributed by atoms with Crippen molar-refractivity contribution in [1.82, 2.24) is 14.6 Å². The van der Waals surface area contributed by atoms with E-state index in [0.29, 0.717) is 17.8 Å². The fourth-order valence-electron chi connectivity index (χ4n) is 1.80. The molecule has 6 heteroatoms. The van der Waals surface area contributed by atoms with E-state index in [1.165, 1.54) is 16.9 Å². The zero-order valence-corrected chi connectivity index (χ0v) is 8.94. The Morgan fingerprint density at radius 2 is 1.78 bits per heavy atom. The molecule has 90 valence electrons. The second-order valence-corrected chi connectivity index (χ2v) is 3.69. The van der Waals surface area contributed by atoms with Gasteiger partial charge < -0.3 is 0 Å². The Morgan fingerprint density at radius 1 is 1.06 bits per heavy atom. The molecule has 0 bridgehead atoms. The first-order valence-corrected chi connectivity index (χ1v) is 5.10. The Morgan fingerprint density at radius 3 is 2.50 bits per heavy atom. The van der Waals surface area contributed by atoms with E-state index < -0.39 is 17.5 Å². The monoisotopic (exact) mass is 249 g/mol. The largest absolute Gasteiger partial charge is 0.236 e. The average molecular weight is 249 g/mol. The summed E-state index contributed by atoms with van der Waals surface area (Å²) in [6.07, 6.45) is 4.38. The summed E-state index contributed by atoms with van der Waals surface area (Å²) in [5, 5.41) is 3.93. The van der Waals surface area contributed by atoms with Crippen LogP contribution in [0.2, 0.25) is 0 Å². The third-order valence-corrected chi connectivity index (χ3v) is 2.56. The molecule has 0 saturated heterocycles. The van der Waals surface area contributed by atoms with Crippen LogP contribution in [0, 0.1) is 17.5 Å². The van der Waals surface area contributed by atoms with E-state index in [1.54, 1.807) is 12.3 Å². The van der Waals surface area contributed by atoms with Gasteiger partial charge in [0, 0.05) is 24.5 Å². The van der Waals surface area contributed by atoms with Gasteiger partial charge in [0.05, 0.1) is 17.3 Å². The lowest BCUT2D eigenvalue weighted by Crippen LogP contribution is -1.93. The van der Waals surface area contributed by atoms with Gasteiger partial charge >= 0.3 is 0 Å². The Bertz CT molecular complexity index is 713. The van der Waals surface area contributed by atoms with Crippen LogP contribution in [-0.4, -0.2) is 14.6 Å². The van der Waals surface area contributed by atoms with Crippen molar-refractivity contribution in [3.8, 4) is 11.1 Å². The number of fused-ring (bicyclic) bond motifs is 1. The van der Waals surface area contributed by atoms with Crippen LogP contribution >= 0.6 is 0 Å². The van der Waals surface area contributed by atoms with Gasteiger partial charge in [-0.05, 0) is 6.07 Å². The van der Waals surface area contributed by atoms with Gasteiger partial charge in [-0.25, -0.2) is 22.7 Å². The van der Waals surface area contributed by atoms with Gasteiger partial charge in [-0.3, -0.25) is 0 Å². The average Bonchev–Trinajstić information content (AvgIpc) is 2.72. The standard InChI is InChI=1S/C12H6F3N3/c13-7-4-9(14)11(10(15)5-7)8-6-17-18-3-1-2-16-12(8)18/h1-6H. The maximum Gasteiger partial charge on any atom is 0.162 e. The van der Waals surface area contributed by atoms with Gasteiger partial charge in [0.2, 0.25) is 0 Å². The van der Waals surface area contributed by atoms with Crippen molar-refractivity contribution in [3.63, 3.8) is 0 Å². The first-order valence-electron chi connectivity index (χ1n) is 5.10. The zero-order valence-electron chi connectivity index (χ0n) is 8.94. The van der Waals surface area contributed by atoms with Crippen molar-refractivity contribution in [2.24, 2.45) is 0 Å². The molecule has 0 atom stereocenters. The topological polar surface area (TPSA) is 30.2 Å². The van der Waals surface area contributed by atoms with Gasteiger partial charge in [0.25, 0.3) is 0 Å². The summed E-state index contributed by atoms with van der Waals surface area (Å²) in [6.45, 7) is 0. The number of aromatic nitrogens is 3. The third kappa shape index (κ3) is 1.54. The summed E-state index contributed by atoms with van der Waals surface area (Å²) in [6, 6.07) is 2.90. The number of benzene rings is 1. The maximum absolute atomic E-state index is 13.7. The molecule has 3 aromatic rings. The molecule has 0 radical (unpaired) electrons. The normalized spacial score (nSPS) is 11.1. The highest BCUT2D eigenvalue weighted by Crippen LogP contribution is 2.29. The van der Waals surface area contributed by atoms with Gasteiger partial charge in [0.1, 0.15) is 17.5 Å². The van der Waals surface area contributed by atoms with Crippen LogP contribution in [0.15, 0.2) is 36.8 Å². The molecule has 0 unspecified atom stereocenters. The lowest BCUT2D eigenvalue weighted by Gasteiger charge is -2.03. The van der Waals surface area contributed by atoms with Gasteiger partial charge in [-0.15, -0.1) is 0 Å².